The van der Waals surface area contributed by atoms with Gasteiger partial charge in [-0.1, -0.05) is 0 Å². The Morgan fingerprint density at radius 2 is 2.00 bits per heavy atom. The molecule has 13 heavy (non-hydrogen) atoms. The first-order valence-corrected chi connectivity index (χ1v) is 5.30. The number of nitrogens with zero attached hydrogens (tertiary/aromatic N) is 2. The normalized spacial score (nSPS) is 29.8. The molecule has 0 aromatic carbocycles. The highest BCUT2D eigenvalue weighted by Gasteiger charge is 2.24. The maximum atomic E-state index is 10.5. The SMILES string of the molecule is O=CN1CCC(CN2CCCC2)C1. The Bertz CT molecular complexity index is 178. The first-order chi connectivity index (χ1) is 6.38. The number of hydrogen-bond donors (Lipinski definition) is 0. The van der Waals surface area contributed by atoms with Crippen LogP contribution in [0.5, 0.6) is 0 Å². The van der Waals surface area contributed by atoms with Crippen LogP contribution in [-0.2, 0) is 4.79 Å². The Balaban J connectivity index is 1.73. The number of likely N-dealkylation sites (tertiary alicyclic amines) is 2. The lowest BCUT2D eigenvalue weighted by atomic mass is 10.1. The van der Waals surface area contributed by atoms with Gasteiger partial charge in [0.05, 0.1) is 0 Å². The molecule has 2 fully saturated rings. The van der Waals surface area contributed by atoms with Gasteiger partial charge in [0.1, 0.15) is 0 Å². The second-order valence-corrected chi connectivity index (χ2v) is 4.26. The fourth-order valence-corrected chi connectivity index (χ4v) is 2.44. The van der Waals surface area contributed by atoms with Crippen LogP contribution in [0, 0.1) is 5.92 Å². The van der Waals surface area contributed by atoms with E-state index in [-0.39, 0.29) is 0 Å². The van der Waals surface area contributed by atoms with Crippen molar-refractivity contribution in [3.05, 3.63) is 0 Å². The largest absolute Gasteiger partial charge is 0.345 e. The fourth-order valence-electron chi connectivity index (χ4n) is 2.44. The summed E-state index contributed by atoms with van der Waals surface area (Å²) in [7, 11) is 0. The van der Waals surface area contributed by atoms with Gasteiger partial charge in [0, 0.05) is 19.6 Å². The molecule has 2 heterocycles. The van der Waals surface area contributed by atoms with E-state index in [1.165, 1.54) is 38.9 Å². The lowest BCUT2D eigenvalue weighted by molar-refractivity contribution is -0.117. The number of carbonyl (C=O) groups excluding carboxylic acids is 1. The van der Waals surface area contributed by atoms with Crippen LogP contribution in [0.15, 0.2) is 0 Å². The summed E-state index contributed by atoms with van der Waals surface area (Å²) in [6, 6.07) is 0. The zero-order chi connectivity index (χ0) is 9.10. The minimum atomic E-state index is 0.739. The summed E-state index contributed by atoms with van der Waals surface area (Å²) in [5.41, 5.74) is 0. The standard InChI is InChI=1S/C10H18N2O/c13-9-12-6-3-10(8-12)7-11-4-1-2-5-11/h9-10H,1-8H2. The van der Waals surface area contributed by atoms with Crippen LogP contribution in [0.4, 0.5) is 0 Å². The van der Waals surface area contributed by atoms with Crippen molar-refractivity contribution in [2.75, 3.05) is 32.7 Å². The lowest BCUT2D eigenvalue weighted by Crippen LogP contribution is -2.28. The van der Waals surface area contributed by atoms with Crippen molar-refractivity contribution < 1.29 is 4.79 Å². The molecule has 74 valence electrons. The van der Waals surface area contributed by atoms with Crippen molar-refractivity contribution in [1.82, 2.24) is 9.80 Å². The zero-order valence-corrected chi connectivity index (χ0v) is 8.11. The van der Waals surface area contributed by atoms with Crippen LogP contribution in [0.25, 0.3) is 0 Å². The first kappa shape index (κ1) is 9.00. The molecule has 0 aromatic rings. The molecule has 1 amide bonds. The highest BCUT2D eigenvalue weighted by molar-refractivity contribution is 5.47. The number of amides is 1. The average molecular weight is 182 g/mol. The van der Waals surface area contributed by atoms with Crippen LogP contribution < -0.4 is 0 Å². The zero-order valence-electron chi connectivity index (χ0n) is 8.11. The predicted molar refractivity (Wildman–Crippen MR) is 51.4 cm³/mol. The fraction of sp³-hybridized carbons (Fsp3) is 0.900. The third-order valence-corrected chi connectivity index (χ3v) is 3.18. The molecular formula is C10H18N2O. The maximum absolute atomic E-state index is 10.5. The molecule has 0 bridgehead atoms. The molecule has 3 nitrogen and oxygen atoms in total. The molecule has 0 saturated carbocycles. The van der Waals surface area contributed by atoms with Gasteiger partial charge in [-0.25, -0.2) is 0 Å². The van der Waals surface area contributed by atoms with E-state index >= 15 is 0 Å². The van der Waals surface area contributed by atoms with Crippen LogP contribution in [0.1, 0.15) is 19.3 Å². The quantitative estimate of drug-likeness (QED) is 0.595. The Hall–Kier alpha value is -0.570. The summed E-state index contributed by atoms with van der Waals surface area (Å²) in [5, 5.41) is 0. The van der Waals surface area contributed by atoms with Crippen LogP contribution in [-0.4, -0.2) is 48.9 Å². The van der Waals surface area contributed by atoms with Gasteiger partial charge in [-0.15, -0.1) is 0 Å². The van der Waals surface area contributed by atoms with Gasteiger partial charge in [-0.2, -0.15) is 0 Å². The summed E-state index contributed by atoms with van der Waals surface area (Å²) >= 11 is 0. The average Bonchev–Trinajstić information content (AvgIpc) is 2.76. The summed E-state index contributed by atoms with van der Waals surface area (Å²) in [5.74, 6) is 0.739. The van der Waals surface area contributed by atoms with Crippen molar-refractivity contribution in [2.45, 2.75) is 19.3 Å². The second kappa shape index (κ2) is 4.09. The Kier molecular flexibility index (Phi) is 2.83. The molecule has 1 unspecified atom stereocenters. The summed E-state index contributed by atoms with van der Waals surface area (Å²) in [6.07, 6.45) is 4.92. The second-order valence-electron chi connectivity index (χ2n) is 4.26. The third-order valence-electron chi connectivity index (χ3n) is 3.18. The molecular weight excluding hydrogens is 164 g/mol. The molecule has 0 aliphatic carbocycles. The van der Waals surface area contributed by atoms with Gasteiger partial charge in [-0.05, 0) is 38.3 Å². The van der Waals surface area contributed by atoms with Crippen LogP contribution in [0.3, 0.4) is 0 Å². The summed E-state index contributed by atoms with van der Waals surface area (Å²) in [4.78, 5) is 14.9. The molecule has 2 aliphatic rings. The molecule has 3 heteroatoms. The van der Waals surface area contributed by atoms with Gasteiger partial charge < -0.3 is 9.80 Å². The molecule has 2 rings (SSSR count). The van der Waals surface area contributed by atoms with Gasteiger partial charge in [0.2, 0.25) is 6.41 Å². The van der Waals surface area contributed by atoms with E-state index in [0.29, 0.717) is 0 Å². The van der Waals surface area contributed by atoms with E-state index in [4.69, 9.17) is 0 Å². The van der Waals surface area contributed by atoms with E-state index in [2.05, 4.69) is 4.90 Å². The third kappa shape index (κ3) is 2.21. The smallest absolute Gasteiger partial charge is 0.209 e. The van der Waals surface area contributed by atoms with Crippen LogP contribution >= 0.6 is 0 Å². The van der Waals surface area contributed by atoms with Crippen molar-refractivity contribution in [3.8, 4) is 0 Å². The van der Waals surface area contributed by atoms with Gasteiger partial charge >= 0.3 is 0 Å². The molecule has 0 spiro atoms. The van der Waals surface area contributed by atoms with Crippen molar-refractivity contribution >= 4 is 6.41 Å². The van der Waals surface area contributed by atoms with Gasteiger partial charge in [0.15, 0.2) is 0 Å². The topological polar surface area (TPSA) is 23.6 Å². The van der Waals surface area contributed by atoms with Crippen LogP contribution in [0.2, 0.25) is 0 Å². The number of carbonyl (C=O) groups is 1. The van der Waals surface area contributed by atoms with Gasteiger partial charge in [0.25, 0.3) is 0 Å². The Labute approximate surface area is 79.7 Å². The Morgan fingerprint density at radius 3 is 2.62 bits per heavy atom. The van der Waals surface area contributed by atoms with Crippen molar-refractivity contribution in [3.63, 3.8) is 0 Å². The highest BCUT2D eigenvalue weighted by atomic mass is 16.1. The monoisotopic (exact) mass is 182 g/mol. The molecule has 1 atom stereocenters. The minimum Gasteiger partial charge on any atom is -0.345 e. The molecule has 2 saturated heterocycles. The maximum Gasteiger partial charge on any atom is 0.209 e. The summed E-state index contributed by atoms with van der Waals surface area (Å²) < 4.78 is 0. The van der Waals surface area contributed by atoms with E-state index in [0.717, 1.165) is 25.4 Å². The van der Waals surface area contributed by atoms with E-state index in [1.807, 2.05) is 4.90 Å². The lowest BCUT2D eigenvalue weighted by Gasteiger charge is -2.19. The number of hydrogen-bond acceptors (Lipinski definition) is 2. The first-order valence-electron chi connectivity index (χ1n) is 5.30. The molecule has 2 aliphatic heterocycles. The van der Waals surface area contributed by atoms with E-state index < -0.39 is 0 Å². The van der Waals surface area contributed by atoms with Crippen molar-refractivity contribution in [1.29, 1.82) is 0 Å². The predicted octanol–water partition coefficient (Wildman–Crippen LogP) is 0.560. The Morgan fingerprint density at radius 1 is 1.23 bits per heavy atom. The molecule has 0 radical (unpaired) electrons. The van der Waals surface area contributed by atoms with E-state index in [9.17, 15) is 4.79 Å². The van der Waals surface area contributed by atoms with Crippen molar-refractivity contribution in [2.24, 2.45) is 5.92 Å². The highest BCUT2D eigenvalue weighted by Crippen LogP contribution is 2.18. The van der Waals surface area contributed by atoms with E-state index in [1.54, 1.807) is 0 Å². The molecule has 0 aromatic heterocycles. The van der Waals surface area contributed by atoms with Gasteiger partial charge in [-0.3, -0.25) is 4.79 Å². The minimum absolute atomic E-state index is 0.739. The summed E-state index contributed by atoms with van der Waals surface area (Å²) in [6.45, 7) is 5.72. The molecule has 0 N–H and O–H groups in total. The number of rotatable bonds is 3.